The van der Waals surface area contributed by atoms with Gasteiger partial charge in [0, 0.05) is 10.7 Å². The zero-order chi connectivity index (χ0) is 13.8. The number of rotatable bonds is 4. The van der Waals surface area contributed by atoms with Crippen LogP contribution in [0.3, 0.4) is 0 Å². The fourth-order valence-corrected chi connectivity index (χ4v) is 2.14. The summed E-state index contributed by atoms with van der Waals surface area (Å²) in [6.07, 6.45) is 0. The fraction of sp³-hybridized carbons (Fsp3) is 0.250. The van der Waals surface area contributed by atoms with E-state index in [0.717, 1.165) is 10.7 Å². The maximum absolute atomic E-state index is 11.9. The molecule has 7 heteroatoms. The fourth-order valence-electron chi connectivity index (χ4n) is 1.42. The van der Waals surface area contributed by atoms with Crippen molar-refractivity contribution < 1.29 is 4.79 Å². The van der Waals surface area contributed by atoms with Gasteiger partial charge in [0.25, 0.3) is 0 Å². The molecule has 0 aliphatic carbocycles. The van der Waals surface area contributed by atoms with Crippen LogP contribution in [0.1, 0.15) is 11.9 Å². The van der Waals surface area contributed by atoms with Gasteiger partial charge in [0.2, 0.25) is 11.0 Å². The molecule has 1 aromatic carbocycles. The maximum atomic E-state index is 11.9. The molecule has 1 atom stereocenters. The molecule has 2 N–H and O–H groups in total. The predicted octanol–water partition coefficient (Wildman–Crippen LogP) is 2.94. The number of anilines is 2. The molecule has 1 amide bonds. The highest BCUT2D eigenvalue weighted by Gasteiger charge is 2.14. The molecule has 2 rings (SSSR count). The minimum Gasteiger partial charge on any atom is -0.374 e. The SMILES string of the molecule is Cc1nnc(NC(=O)[C@H](C)Nc2ccc(Cl)cc2)s1. The first-order valence-electron chi connectivity index (χ1n) is 5.67. The van der Waals surface area contributed by atoms with Gasteiger partial charge in [-0.2, -0.15) is 0 Å². The molecule has 1 heterocycles. The number of benzene rings is 1. The lowest BCUT2D eigenvalue weighted by Gasteiger charge is -2.14. The van der Waals surface area contributed by atoms with E-state index >= 15 is 0 Å². The molecule has 0 radical (unpaired) electrons. The van der Waals surface area contributed by atoms with Crippen molar-refractivity contribution in [1.29, 1.82) is 0 Å². The summed E-state index contributed by atoms with van der Waals surface area (Å²) in [6.45, 7) is 3.61. The van der Waals surface area contributed by atoms with Crippen molar-refractivity contribution in [2.75, 3.05) is 10.6 Å². The Kier molecular flexibility index (Phi) is 4.34. The number of aryl methyl sites for hydroxylation is 1. The highest BCUT2D eigenvalue weighted by atomic mass is 35.5. The lowest BCUT2D eigenvalue weighted by atomic mass is 10.2. The number of halogens is 1. The molecule has 5 nitrogen and oxygen atoms in total. The molecule has 0 aliphatic rings. The minimum atomic E-state index is -0.384. The van der Waals surface area contributed by atoms with Crippen molar-refractivity contribution in [1.82, 2.24) is 10.2 Å². The van der Waals surface area contributed by atoms with Crippen LogP contribution in [0.5, 0.6) is 0 Å². The van der Waals surface area contributed by atoms with E-state index in [0.29, 0.717) is 10.2 Å². The number of carbonyl (C=O) groups is 1. The highest BCUT2D eigenvalue weighted by Crippen LogP contribution is 2.16. The Labute approximate surface area is 120 Å². The standard InChI is InChI=1S/C12H13ClN4OS/c1-7(14-10-5-3-9(13)4-6-10)11(18)15-12-17-16-8(2)19-12/h3-7,14H,1-2H3,(H,15,17,18)/t7-/m0/s1. The van der Waals surface area contributed by atoms with Crippen LogP contribution in [0, 0.1) is 6.92 Å². The molecule has 100 valence electrons. The Bertz CT molecular complexity index is 569. The van der Waals surface area contributed by atoms with Crippen molar-refractivity contribution in [3.8, 4) is 0 Å². The van der Waals surface area contributed by atoms with Gasteiger partial charge in [-0.05, 0) is 38.1 Å². The highest BCUT2D eigenvalue weighted by molar-refractivity contribution is 7.15. The molecule has 0 saturated heterocycles. The monoisotopic (exact) mass is 296 g/mol. The van der Waals surface area contributed by atoms with Crippen LogP contribution < -0.4 is 10.6 Å². The largest absolute Gasteiger partial charge is 0.374 e. The van der Waals surface area contributed by atoms with Crippen LogP contribution in [0.2, 0.25) is 5.02 Å². The Morgan fingerprint density at radius 1 is 1.32 bits per heavy atom. The average molecular weight is 297 g/mol. The van der Waals surface area contributed by atoms with Crippen LogP contribution in [0.15, 0.2) is 24.3 Å². The van der Waals surface area contributed by atoms with E-state index in [-0.39, 0.29) is 11.9 Å². The second kappa shape index (κ2) is 5.99. The molecule has 0 unspecified atom stereocenters. The molecule has 0 fully saturated rings. The van der Waals surface area contributed by atoms with Gasteiger partial charge in [0.05, 0.1) is 0 Å². The lowest BCUT2D eigenvalue weighted by molar-refractivity contribution is -0.116. The first kappa shape index (κ1) is 13.8. The number of carbonyl (C=O) groups excluding carboxylic acids is 1. The van der Waals surface area contributed by atoms with Crippen molar-refractivity contribution in [3.63, 3.8) is 0 Å². The Balaban J connectivity index is 1.94. The van der Waals surface area contributed by atoms with E-state index in [1.54, 1.807) is 19.1 Å². The second-order valence-corrected chi connectivity index (χ2v) is 5.61. The van der Waals surface area contributed by atoms with Gasteiger partial charge in [-0.25, -0.2) is 0 Å². The average Bonchev–Trinajstić information content (AvgIpc) is 2.77. The van der Waals surface area contributed by atoms with Crippen LogP contribution in [-0.4, -0.2) is 22.1 Å². The predicted molar refractivity (Wildman–Crippen MR) is 77.8 cm³/mol. The third-order valence-corrected chi connectivity index (χ3v) is 3.38. The zero-order valence-corrected chi connectivity index (χ0v) is 12.0. The summed E-state index contributed by atoms with van der Waals surface area (Å²) in [6, 6.07) is 6.79. The van der Waals surface area contributed by atoms with Crippen LogP contribution in [0.25, 0.3) is 0 Å². The van der Waals surface area contributed by atoms with Crippen LogP contribution in [0.4, 0.5) is 10.8 Å². The quantitative estimate of drug-likeness (QED) is 0.910. The third kappa shape index (κ3) is 3.90. The van der Waals surface area contributed by atoms with E-state index in [1.807, 2.05) is 19.1 Å². The van der Waals surface area contributed by atoms with Gasteiger partial charge in [-0.1, -0.05) is 22.9 Å². The molecule has 0 spiro atoms. The van der Waals surface area contributed by atoms with Gasteiger partial charge in [0.1, 0.15) is 11.0 Å². The van der Waals surface area contributed by atoms with Gasteiger partial charge >= 0.3 is 0 Å². The minimum absolute atomic E-state index is 0.161. The summed E-state index contributed by atoms with van der Waals surface area (Å²) in [5.41, 5.74) is 0.834. The van der Waals surface area contributed by atoms with Gasteiger partial charge in [-0.15, -0.1) is 10.2 Å². The molecule has 19 heavy (non-hydrogen) atoms. The van der Waals surface area contributed by atoms with Gasteiger partial charge < -0.3 is 5.32 Å². The van der Waals surface area contributed by atoms with E-state index < -0.39 is 0 Å². The third-order valence-electron chi connectivity index (χ3n) is 2.38. The molecule has 0 aliphatic heterocycles. The molecule has 0 bridgehead atoms. The smallest absolute Gasteiger partial charge is 0.248 e. The maximum Gasteiger partial charge on any atom is 0.248 e. The molecule has 1 aromatic heterocycles. The van der Waals surface area contributed by atoms with E-state index in [9.17, 15) is 4.79 Å². The summed E-state index contributed by atoms with van der Waals surface area (Å²) in [5.74, 6) is -0.161. The number of aromatic nitrogens is 2. The van der Waals surface area contributed by atoms with Crippen molar-refractivity contribution in [2.24, 2.45) is 0 Å². The second-order valence-electron chi connectivity index (χ2n) is 3.99. The number of nitrogens with one attached hydrogen (secondary N) is 2. The normalized spacial score (nSPS) is 11.9. The van der Waals surface area contributed by atoms with Crippen LogP contribution in [-0.2, 0) is 4.79 Å². The summed E-state index contributed by atoms with van der Waals surface area (Å²) in [4.78, 5) is 11.9. The van der Waals surface area contributed by atoms with Crippen molar-refractivity contribution in [3.05, 3.63) is 34.3 Å². The van der Waals surface area contributed by atoms with Gasteiger partial charge in [-0.3, -0.25) is 10.1 Å². The first-order chi connectivity index (χ1) is 9.04. The number of hydrogen-bond acceptors (Lipinski definition) is 5. The number of nitrogens with zero attached hydrogens (tertiary/aromatic N) is 2. The summed E-state index contributed by atoms with van der Waals surface area (Å²) >= 11 is 7.14. The van der Waals surface area contributed by atoms with Crippen molar-refractivity contribution >= 4 is 39.7 Å². The van der Waals surface area contributed by atoms with Gasteiger partial charge in [0.15, 0.2) is 0 Å². The summed E-state index contributed by atoms with van der Waals surface area (Å²) in [5, 5.41) is 15.5. The lowest BCUT2D eigenvalue weighted by Crippen LogP contribution is -2.31. The summed E-state index contributed by atoms with van der Waals surface area (Å²) < 4.78 is 0. The van der Waals surface area contributed by atoms with E-state index in [2.05, 4.69) is 20.8 Å². The van der Waals surface area contributed by atoms with Crippen LogP contribution >= 0.6 is 22.9 Å². The van der Waals surface area contributed by atoms with E-state index in [1.165, 1.54) is 11.3 Å². The Morgan fingerprint density at radius 3 is 2.58 bits per heavy atom. The molecular formula is C12H13ClN4OS. The Hall–Kier alpha value is -1.66. The topological polar surface area (TPSA) is 66.9 Å². The molecular weight excluding hydrogens is 284 g/mol. The molecule has 0 saturated carbocycles. The Morgan fingerprint density at radius 2 is 2.00 bits per heavy atom. The summed E-state index contributed by atoms with van der Waals surface area (Å²) in [7, 11) is 0. The number of hydrogen-bond donors (Lipinski definition) is 2. The van der Waals surface area contributed by atoms with E-state index in [4.69, 9.17) is 11.6 Å². The first-order valence-corrected chi connectivity index (χ1v) is 6.87. The number of amides is 1. The zero-order valence-electron chi connectivity index (χ0n) is 10.5. The van der Waals surface area contributed by atoms with Crippen molar-refractivity contribution in [2.45, 2.75) is 19.9 Å². The molecule has 2 aromatic rings.